The van der Waals surface area contributed by atoms with E-state index in [-0.39, 0.29) is 18.3 Å². The smallest absolute Gasteiger partial charge is 0.193 e. The van der Waals surface area contributed by atoms with Gasteiger partial charge in [0, 0.05) is 29.6 Å². The SMILES string of the molecule is CCCN(C[C@@H](O)COCc1ccccc1)C[C@]1(O)CC[C@H]2c3ccc(cc3C(=O)c3ccccc3-c3ccccc3)C[C@@H](O)CCC(C)=CCC[C@@]21C. The van der Waals surface area contributed by atoms with Gasteiger partial charge in [0.2, 0.25) is 0 Å². The second-order valence-electron chi connectivity index (χ2n) is 16.1. The number of rotatable bonds is 13. The van der Waals surface area contributed by atoms with Crippen LogP contribution in [-0.4, -0.2) is 70.1 Å². The van der Waals surface area contributed by atoms with Crippen molar-refractivity contribution in [3.63, 3.8) is 0 Å². The van der Waals surface area contributed by atoms with E-state index in [1.54, 1.807) is 0 Å². The maximum atomic E-state index is 14.9. The summed E-state index contributed by atoms with van der Waals surface area (Å²) in [5.74, 6) is -0.115. The average molecular weight is 730 g/mol. The Morgan fingerprint density at radius 3 is 2.41 bits per heavy atom. The van der Waals surface area contributed by atoms with Crippen LogP contribution in [0.25, 0.3) is 11.1 Å². The molecule has 3 aliphatic carbocycles. The van der Waals surface area contributed by atoms with Crippen molar-refractivity contribution in [3.05, 3.63) is 143 Å². The molecule has 0 aromatic heterocycles. The van der Waals surface area contributed by atoms with Crippen molar-refractivity contribution < 1.29 is 24.9 Å². The van der Waals surface area contributed by atoms with E-state index < -0.39 is 23.2 Å². The van der Waals surface area contributed by atoms with Crippen molar-refractivity contribution in [1.29, 1.82) is 0 Å². The number of benzene rings is 4. The van der Waals surface area contributed by atoms with Crippen LogP contribution >= 0.6 is 0 Å². The van der Waals surface area contributed by atoms with Crippen LogP contribution in [0, 0.1) is 5.41 Å². The van der Waals surface area contributed by atoms with Gasteiger partial charge in [-0.05, 0) is 105 Å². The molecule has 4 aromatic carbocycles. The minimum absolute atomic E-state index is 0.0346. The van der Waals surface area contributed by atoms with E-state index in [2.05, 4.69) is 43.9 Å². The summed E-state index contributed by atoms with van der Waals surface area (Å²) in [7, 11) is 0. The van der Waals surface area contributed by atoms with Gasteiger partial charge in [0.25, 0.3) is 0 Å². The first-order valence-corrected chi connectivity index (χ1v) is 20.0. The lowest BCUT2D eigenvalue weighted by Gasteiger charge is -2.46. The van der Waals surface area contributed by atoms with E-state index in [9.17, 15) is 20.1 Å². The predicted molar refractivity (Wildman–Crippen MR) is 218 cm³/mol. The molecule has 1 saturated carbocycles. The van der Waals surface area contributed by atoms with Crippen LogP contribution in [0.2, 0.25) is 0 Å². The standard InChI is InChI=1S/C48H59NO5/c1-4-28-49(31-40(51)33-54-32-36-15-7-5-8-16-36)34-48(53)27-25-45-42-24-22-37(29-39(50)23-21-35(2)14-13-26-47(45,48)3)30-44(42)46(52)43-20-12-11-19-41(43)38-17-9-6-10-18-38/h5-12,14-20,22,24,30,39-40,45,50-51,53H,4,13,21,23,25-29,31-34H2,1-3H3/t39-,40+,45-,47-,48+/m0/s1. The third kappa shape index (κ3) is 9.30. The second-order valence-corrected chi connectivity index (χ2v) is 16.1. The monoisotopic (exact) mass is 729 g/mol. The molecule has 6 heteroatoms. The predicted octanol–water partition coefficient (Wildman–Crippen LogP) is 8.91. The van der Waals surface area contributed by atoms with E-state index >= 15 is 0 Å². The molecule has 3 N–H and O–H groups in total. The van der Waals surface area contributed by atoms with E-state index in [4.69, 9.17) is 4.74 Å². The first-order valence-electron chi connectivity index (χ1n) is 20.0. The molecule has 4 aromatic rings. The van der Waals surface area contributed by atoms with Crippen LogP contribution in [0.3, 0.4) is 0 Å². The lowest BCUT2D eigenvalue weighted by molar-refractivity contribution is -0.0906. The van der Waals surface area contributed by atoms with Crippen LogP contribution in [0.5, 0.6) is 0 Å². The quantitative estimate of drug-likeness (QED) is 0.0941. The van der Waals surface area contributed by atoms with Gasteiger partial charge in [-0.2, -0.15) is 0 Å². The highest BCUT2D eigenvalue weighted by atomic mass is 16.5. The van der Waals surface area contributed by atoms with Crippen LogP contribution in [0.1, 0.15) is 104 Å². The molecule has 0 radical (unpaired) electrons. The molecule has 0 heterocycles. The summed E-state index contributed by atoms with van der Waals surface area (Å²) in [6, 6.07) is 34.1. The van der Waals surface area contributed by atoms with Crippen molar-refractivity contribution in [2.24, 2.45) is 5.41 Å². The van der Waals surface area contributed by atoms with E-state index in [1.807, 2.05) is 91.0 Å². The molecular weight excluding hydrogens is 671 g/mol. The lowest BCUT2D eigenvalue weighted by atomic mass is 9.64. The molecule has 0 saturated heterocycles. The molecule has 2 bridgehead atoms. The Morgan fingerprint density at radius 1 is 0.926 bits per heavy atom. The van der Waals surface area contributed by atoms with Gasteiger partial charge in [0.15, 0.2) is 5.78 Å². The van der Waals surface area contributed by atoms with Crippen molar-refractivity contribution in [2.75, 3.05) is 26.2 Å². The van der Waals surface area contributed by atoms with Gasteiger partial charge in [0.05, 0.1) is 31.0 Å². The summed E-state index contributed by atoms with van der Waals surface area (Å²) in [6.07, 6.45) is 6.76. The fourth-order valence-corrected chi connectivity index (χ4v) is 9.05. The van der Waals surface area contributed by atoms with E-state index in [1.165, 1.54) is 5.57 Å². The van der Waals surface area contributed by atoms with Crippen molar-refractivity contribution in [1.82, 2.24) is 4.90 Å². The summed E-state index contributed by atoms with van der Waals surface area (Å²) in [5, 5.41) is 35.2. The van der Waals surface area contributed by atoms with Gasteiger partial charge in [-0.1, -0.05) is 123 Å². The zero-order chi connectivity index (χ0) is 38.1. The Morgan fingerprint density at radius 2 is 1.65 bits per heavy atom. The Labute approximate surface area is 322 Å². The van der Waals surface area contributed by atoms with Gasteiger partial charge in [-0.25, -0.2) is 0 Å². The zero-order valence-electron chi connectivity index (χ0n) is 32.4. The topological polar surface area (TPSA) is 90.2 Å². The summed E-state index contributed by atoms with van der Waals surface area (Å²) in [6.45, 7) is 8.73. The summed E-state index contributed by atoms with van der Waals surface area (Å²) < 4.78 is 5.90. The van der Waals surface area contributed by atoms with Crippen LogP contribution in [-0.2, 0) is 17.8 Å². The fourth-order valence-electron chi connectivity index (χ4n) is 9.05. The van der Waals surface area contributed by atoms with Gasteiger partial charge < -0.3 is 20.1 Å². The highest BCUT2D eigenvalue weighted by Crippen LogP contribution is 2.59. The number of carbonyl (C=O) groups is 1. The number of carbonyl (C=O) groups excluding carboxylic acids is 1. The number of ether oxygens (including phenoxy) is 1. The number of fused-ring (bicyclic) bond motifs is 8. The largest absolute Gasteiger partial charge is 0.393 e. The number of nitrogens with zero attached hydrogens (tertiary/aromatic N) is 1. The molecule has 7 rings (SSSR count). The van der Waals surface area contributed by atoms with Gasteiger partial charge in [-0.15, -0.1) is 0 Å². The minimum atomic E-state index is -1.06. The number of aliphatic hydroxyl groups is 3. The maximum absolute atomic E-state index is 14.9. The molecule has 6 nitrogen and oxygen atoms in total. The Hall–Kier alpha value is -3.91. The zero-order valence-corrected chi connectivity index (χ0v) is 32.4. The number of hydrogen-bond donors (Lipinski definition) is 3. The molecule has 5 atom stereocenters. The van der Waals surface area contributed by atoms with Crippen LogP contribution in [0.15, 0.2) is 115 Å². The third-order valence-corrected chi connectivity index (χ3v) is 12.1. The lowest BCUT2D eigenvalue weighted by Crippen LogP contribution is -2.54. The van der Waals surface area contributed by atoms with Crippen LogP contribution < -0.4 is 0 Å². The molecule has 3 aliphatic rings. The molecular formula is C48H59NO5. The van der Waals surface area contributed by atoms with E-state index in [0.717, 1.165) is 66.5 Å². The van der Waals surface area contributed by atoms with Crippen LogP contribution in [0.4, 0.5) is 0 Å². The molecule has 286 valence electrons. The van der Waals surface area contributed by atoms with Crippen molar-refractivity contribution in [3.8, 4) is 11.1 Å². The number of aliphatic hydroxyl groups excluding tert-OH is 2. The average Bonchev–Trinajstić information content (AvgIpc) is 3.42. The molecule has 0 unspecified atom stereocenters. The highest BCUT2D eigenvalue weighted by Gasteiger charge is 2.57. The Bertz CT molecular complexity index is 1860. The summed E-state index contributed by atoms with van der Waals surface area (Å²) in [5.41, 5.74) is 5.78. The fraction of sp³-hybridized carbons (Fsp3) is 0.438. The van der Waals surface area contributed by atoms with Crippen molar-refractivity contribution in [2.45, 2.75) is 102 Å². The van der Waals surface area contributed by atoms with E-state index in [0.29, 0.717) is 50.1 Å². The molecule has 0 amide bonds. The van der Waals surface area contributed by atoms with Crippen molar-refractivity contribution >= 4 is 5.78 Å². The number of allylic oxidation sites excluding steroid dienone is 2. The number of ketones is 1. The first kappa shape index (κ1) is 39.8. The summed E-state index contributed by atoms with van der Waals surface area (Å²) >= 11 is 0. The summed E-state index contributed by atoms with van der Waals surface area (Å²) in [4.78, 5) is 17.2. The number of hydrogen-bond acceptors (Lipinski definition) is 6. The second kappa shape index (κ2) is 18.1. The minimum Gasteiger partial charge on any atom is -0.393 e. The highest BCUT2D eigenvalue weighted by molar-refractivity contribution is 6.13. The molecule has 0 spiro atoms. The Kier molecular flexibility index (Phi) is 13.4. The van der Waals surface area contributed by atoms with Gasteiger partial charge in [-0.3, -0.25) is 9.69 Å². The van der Waals surface area contributed by atoms with Gasteiger partial charge >= 0.3 is 0 Å². The maximum Gasteiger partial charge on any atom is 0.193 e. The molecule has 1 fully saturated rings. The third-order valence-electron chi connectivity index (χ3n) is 12.1. The molecule has 54 heavy (non-hydrogen) atoms. The Balaban J connectivity index is 1.34. The van der Waals surface area contributed by atoms with Gasteiger partial charge in [0.1, 0.15) is 0 Å². The normalized spacial score (nSPS) is 23.8. The first-order chi connectivity index (χ1) is 26.1. The molecule has 0 aliphatic heterocycles.